The van der Waals surface area contributed by atoms with Gasteiger partial charge in [0.05, 0.1) is 27.3 Å². The lowest BCUT2D eigenvalue weighted by Gasteiger charge is -1.85. The highest BCUT2D eigenvalue weighted by atomic mass is 32.2. The zero-order chi connectivity index (χ0) is 6.27. The Bertz CT molecular complexity index is 255. The van der Waals surface area contributed by atoms with Crippen molar-refractivity contribution in [3.8, 4) is 0 Å². The summed E-state index contributed by atoms with van der Waals surface area (Å²) in [6, 6.07) is 0. The molecule has 1 atom stereocenters. The molecule has 9 heavy (non-hydrogen) atoms. The van der Waals surface area contributed by atoms with Crippen molar-refractivity contribution in [1.82, 2.24) is 4.98 Å². The molecule has 0 spiro atoms. The summed E-state index contributed by atoms with van der Waals surface area (Å²) in [4.78, 5) is 3.77. The molecule has 48 valence electrons. The summed E-state index contributed by atoms with van der Waals surface area (Å²) in [5, 5.41) is 3.00. The first kappa shape index (κ1) is 5.05. The molecule has 3 nitrogen and oxygen atoms in total. The fourth-order valence-electron chi connectivity index (χ4n) is 0.897. The molecule has 0 fully saturated rings. The number of nitrogens with one attached hydrogen (secondary N) is 2. The van der Waals surface area contributed by atoms with Crippen LogP contribution < -0.4 is 5.32 Å². The summed E-state index contributed by atoms with van der Waals surface area (Å²) >= 11 is 0. The van der Waals surface area contributed by atoms with Crippen molar-refractivity contribution in [2.24, 2.45) is 0 Å². The van der Waals surface area contributed by atoms with E-state index in [1.54, 1.807) is 6.20 Å². The summed E-state index contributed by atoms with van der Waals surface area (Å²) in [7, 11) is -0.809. The van der Waals surface area contributed by atoms with Crippen molar-refractivity contribution >= 4 is 16.5 Å². The molecule has 0 saturated carbocycles. The van der Waals surface area contributed by atoms with Crippen LogP contribution in [0.3, 0.4) is 0 Å². The second kappa shape index (κ2) is 1.60. The molecule has 1 aliphatic rings. The fraction of sp³-hybridized carbons (Fsp3) is 0.200. The van der Waals surface area contributed by atoms with E-state index in [-0.39, 0.29) is 0 Å². The molecule has 1 aromatic rings. The maximum atomic E-state index is 11.0. The van der Waals surface area contributed by atoms with Crippen LogP contribution in [0.5, 0.6) is 0 Å². The van der Waals surface area contributed by atoms with Gasteiger partial charge in [0.15, 0.2) is 0 Å². The summed E-state index contributed by atoms with van der Waals surface area (Å²) in [6.45, 7) is 0. The molecule has 2 heterocycles. The number of H-pyrrole nitrogens is 1. The third kappa shape index (κ3) is 0.595. The number of anilines is 1. The average molecular weight is 142 g/mol. The van der Waals surface area contributed by atoms with Gasteiger partial charge in [0, 0.05) is 12.4 Å². The van der Waals surface area contributed by atoms with Gasteiger partial charge in [-0.05, 0) is 0 Å². The minimum Gasteiger partial charge on any atom is -0.371 e. The molecule has 2 N–H and O–H groups in total. The lowest BCUT2D eigenvalue weighted by molar-refractivity contribution is 0.686. The van der Waals surface area contributed by atoms with Crippen LogP contribution in [-0.2, 0) is 10.8 Å². The topological polar surface area (TPSA) is 44.9 Å². The molecule has 0 aliphatic carbocycles. The van der Waals surface area contributed by atoms with E-state index in [1.165, 1.54) is 0 Å². The van der Waals surface area contributed by atoms with E-state index in [0.29, 0.717) is 5.88 Å². The Balaban J connectivity index is 2.61. The van der Waals surface area contributed by atoms with Crippen LogP contribution in [0.25, 0.3) is 0 Å². The highest BCUT2D eigenvalue weighted by molar-refractivity contribution is 7.85. The first-order chi connectivity index (χ1) is 4.38. The van der Waals surface area contributed by atoms with Gasteiger partial charge in [-0.3, -0.25) is 4.21 Å². The molecule has 1 aliphatic heterocycles. The van der Waals surface area contributed by atoms with Crippen molar-refractivity contribution in [2.45, 2.75) is 4.90 Å². The van der Waals surface area contributed by atoms with Crippen molar-refractivity contribution in [3.63, 3.8) is 0 Å². The minimum absolute atomic E-state index is 0.569. The third-order valence-corrected chi connectivity index (χ3v) is 2.58. The lowest BCUT2D eigenvalue weighted by atomic mass is 10.5. The van der Waals surface area contributed by atoms with Crippen LogP contribution in [0.2, 0.25) is 0 Å². The maximum Gasteiger partial charge on any atom is 0.0960 e. The molecular weight excluding hydrogens is 136 g/mol. The van der Waals surface area contributed by atoms with E-state index < -0.39 is 10.8 Å². The van der Waals surface area contributed by atoms with Gasteiger partial charge in [-0.1, -0.05) is 0 Å². The van der Waals surface area contributed by atoms with E-state index in [0.717, 1.165) is 10.6 Å². The van der Waals surface area contributed by atoms with E-state index in [9.17, 15) is 4.21 Å². The monoisotopic (exact) mass is 142 g/mol. The van der Waals surface area contributed by atoms with E-state index in [1.807, 2.05) is 6.20 Å². The van der Waals surface area contributed by atoms with Crippen LogP contribution >= 0.6 is 0 Å². The van der Waals surface area contributed by atoms with Crippen molar-refractivity contribution in [1.29, 1.82) is 0 Å². The van der Waals surface area contributed by atoms with Gasteiger partial charge >= 0.3 is 0 Å². The summed E-state index contributed by atoms with van der Waals surface area (Å²) < 4.78 is 11.0. The number of rotatable bonds is 0. The number of hydrogen-bond donors (Lipinski definition) is 2. The zero-order valence-electron chi connectivity index (χ0n) is 4.68. The van der Waals surface area contributed by atoms with Crippen molar-refractivity contribution in [2.75, 3.05) is 11.2 Å². The molecule has 2 rings (SSSR count). The Morgan fingerprint density at radius 1 is 1.56 bits per heavy atom. The largest absolute Gasteiger partial charge is 0.371 e. The van der Waals surface area contributed by atoms with Gasteiger partial charge in [-0.2, -0.15) is 0 Å². The predicted molar refractivity (Wildman–Crippen MR) is 35.7 cm³/mol. The Hall–Kier alpha value is -0.770. The molecule has 0 bridgehead atoms. The van der Waals surface area contributed by atoms with E-state index >= 15 is 0 Å². The first-order valence-electron chi connectivity index (χ1n) is 2.67. The van der Waals surface area contributed by atoms with Crippen molar-refractivity contribution < 1.29 is 4.21 Å². The lowest BCUT2D eigenvalue weighted by Crippen LogP contribution is -1.95. The summed E-state index contributed by atoms with van der Waals surface area (Å²) in [5.41, 5.74) is 0.980. The first-order valence-corrected chi connectivity index (χ1v) is 3.99. The van der Waals surface area contributed by atoms with Crippen molar-refractivity contribution in [3.05, 3.63) is 12.4 Å². The van der Waals surface area contributed by atoms with Crippen LogP contribution in [0, 0.1) is 0 Å². The normalized spacial score (nSPS) is 23.3. The van der Waals surface area contributed by atoms with Gasteiger partial charge in [-0.25, -0.2) is 0 Å². The highest BCUT2D eigenvalue weighted by Crippen LogP contribution is 2.24. The second-order valence-corrected chi connectivity index (χ2v) is 3.32. The minimum atomic E-state index is -0.809. The SMILES string of the molecule is O=S1CNc2c[nH]cc21. The average Bonchev–Trinajstić information content (AvgIpc) is 2.35. The van der Waals surface area contributed by atoms with Crippen LogP contribution in [-0.4, -0.2) is 15.1 Å². The van der Waals surface area contributed by atoms with Crippen LogP contribution in [0.1, 0.15) is 0 Å². The standard InChI is InChI=1S/C5H6N2OS/c8-9-3-7-4-1-6-2-5(4)9/h1-2,6-7H,3H2. The summed E-state index contributed by atoms with van der Waals surface area (Å²) in [6.07, 6.45) is 3.59. The molecule has 0 aromatic carbocycles. The van der Waals surface area contributed by atoms with Gasteiger partial charge in [0.25, 0.3) is 0 Å². The van der Waals surface area contributed by atoms with Crippen LogP contribution in [0.4, 0.5) is 5.69 Å². The Morgan fingerprint density at radius 2 is 2.44 bits per heavy atom. The molecule has 1 aromatic heterocycles. The Kier molecular flexibility index (Phi) is 0.900. The maximum absolute atomic E-state index is 11.0. The predicted octanol–water partition coefficient (Wildman–Crippen LogP) is 0.505. The number of aromatic amines is 1. The molecule has 0 amide bonds. The Labute approximate surface area is 54.9 Å². The van der Waals surface area contributed by atoms with Gasteiger partial charge in [0.2, 0.25) is 0 Å². The Morgan fingerprint density at radius 3 is 3.22 bits per heavy atom. The van der Waals surface area contributed by atoms with Gasteiger partial charge < -0.3 is 10.3 Å². The van der Waals surface area contributed by atoms with E-state index in [2.05, 4.69) is 10.3 Å². The highest BCUT2D eigenvalue weighted by Gasteiger charge is 2.16. The molecule has 4 heteroatoms. The number of fused-ring (bicyclic) bond motifs is 1. The van der Waals surface area contributed by atoms with Gasteiger partial charge in [-0.15, -0.1) is 0 Å². The van der Waals surface area contributed by atoms with Crippen LogP contribution in [0.15, 0.2) is 17.3 Å². The summed E-state index contributed by atoms with van der Waals surface area (Å²) in [5.74, 6) is 0.569. The smallest absolute Gasteiger partial charge is 0.0960 e. The third-order valence-electron chi connectivity index (χ3n) is 1.35. The fourth-order valence-corrected chi connectivity index (χ4v) is 1.92. The quantitative estimate of drug-likeness (QED) is 0.554. The number of aromatic nitrogens is 1. The molecule has 0 saturated heterocycles. The second-order valence-electron chi connectivity index (χ2n) is 1.90. The van der Waals surface area contributed by atoms with Gasteiger partial charge in [0.1, 0.15) is 0 Å². The van der Waals surface area contributed by atoms with E-state index in [4.69, 9.17) is 0 Å². The zero-order valence-corrected chi connectivity index (χ0v) is 5.49. The number of hydrogen-bond acceptors (Lipinski definition) is 2. The molecule has 1 unspecified atom stereocenters. The molecule has 0 radical (unpaired) electrons. The molecular formula is C5H6N2OS.